The van der Waals surface area contributed by atoms with Gasteiger partial charge in [-0.1, -0.05) is 26.0 Å². The SMILES string of the molecule is COc1cccc(CNC(=O)C23CC4CC(C)(CC(C)(C4)C2)C3)c1OC. The zero-order chi connectivity index (χ0) is 18.6. The lowest BCUT2D eigenvalue weighted by molar-refractivity contribution is -0.170. The van der Waals surface area contributed by atoms with Crippen molar-refractivity contribution in [3.05, 3.63) is 23.8 Å². The van der Waals surface area contributed by atoms with Crippen LogP contribution in [0.5, 0.6) is 11.5 Å². The third-order valence-electron chi connectivity index (χ3n) is 7.03. The second kappa shape index (κ2) is 5.90. The average molecular weight is 357 g/mol. The number of methoxy groups -OCH3 is 2. The third-order valence-corrected chi connectivity index (χ3v) is 7.03. The minimum Gasteiger partial charge on any atom is -0.493 e. The number of hydrogen-bond donors (Lipinski definition) is 1. The van der Waals surface area contributed by atoms with Crippen LogP contribution in [0.3, 0.4) is 0 Å². The van der Waals surface area contributed by atoms with Crippen LogP contribution in [0, 0.1) is 22.2 Å². The van der Waals surface area contributed by atoms with Crippen LogP contribution in [-0.4, -0.2) is 20.1 Å². The van der Waals surface area contributed by atoms with Gasteiger partial charge in [0.15, 0.2) is 11.5 Å². The molecular formula is C22H31NO3. The van der Waals surface area contributed by atoms with Gasteiger partial charge in [-0.25, -0.2) is 0 Å². The molecule has 4 bridgehead atoms. The number of para-hydroxylation sites is 1. The molecule has 1 aromatic rings. The molecule has 0 saturated heterocycles. The Hall–Kier alpha value is -1.71. The maximum atomic E-state index is 13.3. The van der Waals surface area contributed by atoms with Crippen LogP contribution in [0.2, 0.25) is 0 Å². The molecule has 0 aromatic heterocycles. The maximum Gasteiger partial charge on any atom is 0.226 e. The van der Waals surface area contributed by atoms with E-state index in [2.05, 4.69) is 19.2 Å². The summed E-state index contributed by atoms with van der Waals surface area (Å²) in [7, 11) is 3.28. The van der Waals surface area contributed by atoms with Crippen LogP contribution in [0.25, 0.3) is 0 Å². The summed E-state index contributed by atoms with van der Waals surface area (Å²) in [4.78, 5) is 13.3. The molecule has 4 aliphatic rings. The fourth-order valence-electron chi connectivity index (χ4n) is 7.16. The quantitative estimate of drug-likeness (QED) is 0.854. The van der Waals surface area contributed by atoms with Crippen LogP contribution in [0.15, 0.2) is 18.2 Å². The minimum absolute atomic E-state index is 0.172. The van der Waals surface area contributed by atoms with Crippen LogP contribution < -0.4 is 14.8 Å². The smallest absolute Gasteiger partial charge is 0.226 e. The van der Waals surface area contributed by atoms with Crippen molar-refractivity contribution >= 4 is 5.91 Å². The van der Waals surface area contributed by atoms with E-state index in [9.17, 15) is 4.79 Å². The van der Waals surface area contributed by atoms with Crippen molar-refractivity contribution in [2.45, 2.75) is 58.9 Å². The van der Waals surface area contributed by atoms with Crippen molar-refractivity contribution in [2.24, 2.45) is 22.2 Å². The molecule has 4 saturated carbocycles. The van der Waals surface area contributed by atoms with E-state index >= 15 is 0 Å². The molecule has 4 nitrogen and oxygen atoms in total. The Bertz CT molecular complexity index is 710. The number of hydrogen-bond acceptors (Lipinski definition) is 3. The van der Waals surface area contributed by atoms with E-state index in [1.807, 2.05) is 18.2 Å². The predicted molar refractivity (Wildman–Crippen MR) is 101 cm³/mol. The topological polar surface area (TPSA) is 47.6 Å². The van der Waals surface area contributed by atoms with Crippen LogP contribution in [-0.2, 0) is 11.3 Å². The molecule has 2 atom stereocenters. The number of rotatable bonds is 5. The van der Waals surface area contributed by atoms with Gasteiger partial charge in [-0.15, -0.1) is 0 Å². The van der Waals surface area contributed by atoms with Gasteiger partial charge < -0.3 is 14.8 Å². The van der Waals surface area contributed by atoms with Gasteiger partial charge in [0.2, 0.25) is 5.91 Å². The molecule has 0 spiro atoms. The van der Waals surface area contributed by atoms with E-state index in [0.717, 1.165) is 30.7 Å². The number of amides is 1. The third kappa shape index (κ3) is 2.78. The molecular weight excluding hydrogens is 326 g/mol. The fourth-order valence-corrected chi connectivity index (χ4v) is 7.16. The normalized spacial score (nSPS) is 37.5. The Morgan fingerprint density at radius 2 is 1.77 bits per heavy atom. The number of ether oxygens (including phenoxy) is 2. The van der Waals surface area contributed by atoms with Gasteiger partial charge in [0.1, 0.15) is 0 Å². The largest absolute Gasteiger partial charge is 0.493 e. The van der Waals surface area contributed by atoms with Gasteiger partial charge in [-0.3, -0.25) is 4.79 Å². The molecule has 142 valence electrons. The summed E-state index contributed by atoms with van der Waals surface area (Å²) in [6, 6.07) is 5.81. The van der Waals surface area contributed by atoms with Crippen LogP contribution in [0.1, 0.15) is 57.9 Å². The maximum absolute atomic E-state index is 13.3. The predicted octanol–water partition coefficient (Wildman–Crippen LogP) is 4.32. The summed E-state index contributed by atoms with van der Waals surface area (Å²) >= 11 is 0. The summed E-state index contributed by atoms with van der Waals surface area (Å²) in [6.07, 6.45) is 7.07. The molecule has 4 fully saturated rings. The zero-order valence-corrected chi connectivity index (χ0v) is 16.5. The molecule has 1 N–H and O–H groups in total. The van der Waals surface area contributed by atoms with Crippen LogP contribution in [0.4, 0.5) is 0 Å². The van der Waals surface area contributed by atoms with E-state index in [0.29, 0.717) is 28.9 Å². The molecule has 0 aliphatic heterocycles. The highest BCUT2D eigenvalue weighted by atomic mass is 16.5. The Kier molecular flexibility index (Phi) is 4.01. The molecule has 2 unspecified atom stereocenters. The van der Waals surface area contributed by atoms with Gasteiger partial charge >= 0.3 is 0 Å². The second-order valence-electron chi connectivity index (χ2n) is 9.75. The molecule has 4 heteroatoms. The van der Waals surface area contributed by atoms with Crippen molar-refractivity contribution < 1.29 is 14.3 Å². The van der Waals surface area contributed by atoms with Crippen molar-refractivity contribution in [1.29, 1.82) is 0 Å². The molecule has 4 aliphatic carbocycles. The Morgan fingerprint density at radius 1 is 1.08 bits per heavy atom. The van der Waals surface area contributed by atoms with Gasteiger partial charge in [0, 0.05) is 12.1 Å². The van der Waals surface area contributed by atoms with Crippen molar-refractivity contribution in [3.8, 4) is 11.5 Å². The minimum atomic E-state index is -0.172. The number of nitrogens with one attached hydrogen (secondary N) is 1. The summed E-state index contributed by atoms with van der Waals surface area (Å²) in [6.45, 7) is 5.30. The Morgan fingerprint density at radius 3 is 2.35 bits per heavy atom. The van der Waals surface area contributed by atoms with Gasteiger partial charge in [0.05, 0.1) is 19.6 Å². The van der Waals surface area contributed by atoms with Crippen molar-refractivity contribution in [1.82, 2.24) is 5.32 Å². The lowest BCUT2D eigenvalue weighted by Gasteiger charge is -2.64. The summed E-state index contributed by atoms with van der Waals surface area (Å²) in [5.41, 5.74) is 1.48. The number of carbonyl (C=O) groups is 1. The van der Waals surface area contributed by atoms with E-state index in [-0.39, 0.29) is 11.3 Å². The van der Waals surface area contributed by atoms with Crippen molar-refractivity contribution in [3.63, 3.8) is 0 Å². The molecule has 0 heterocycles. The number of benzene rings is 1. The van der Waals surface area contributed by atoms with Gasteiger partial charge in [-0.05, 0) is 61.3 Å². The van der Waals surface area contributed by atoms with Crippen molar-refractivity contribution in [2.75, 3.05) is 14.2 Å². The first-order valence-corrected chi connectivity index (χ1v) is 9.79. The summed E-state index contributed by atoms with van der Waals surface area (Å²) in [5.74, 6) is 2.37. The van der Waals surface area contributed by atoms with E-state index in [4.69, 9.17) is 9.47 Å². The highest BCUT2D eigenvalue weighted by Crippen LogP contribution is 2.69. The second-order valence-corrected chi connectivity index (χ2v) is 9.75. The highest BCUT2D eigenvalue weighted by Gasteiger charge is 2.62. The standard InChI is InChI=1S/C22H31NO3/c1-20-8-15-9-21(2,12-20)14-22(10-15,13-20)19(24)23-11-16-6-5-7-17(25-3)18(16)26-4/h5-7,15H,8-14H2,1-4H3,(H,23,24). The molecule has 26 heavy (non-hydrogen) atoms. The van der Waals surface area contributed by atoms with Gasteiger partial charge in [0.25, 0.3) is 0 Å². The average Bonchev–Trinajstić information content (AvgIpc) is 2.55. The fraction of sp³-hybridized carbons (Fsp3) is 0.682. The van der Waals surface area contributed by atoms with Crippen LogP contribution >= 0.6 is 0 Å². The Labute approximate surface area is 156 Å². The molecule has 1 aromatic carbocycles. The highest BCUT2D eigenvalue weighted by molar-refractivity contribution is 5.83. The first kappa shape index (κ1) is 17.7. The van der Waals surface area contributed by atoms with E-state index in [1.54, 1.807) is 14.2 Å². The Balaban J connectivity index is 1.53. The van der Waals surface area contributed by atoms with E-state index in [1.165, 1.54) is 19.3 Å². The number of carbonyl (C=O) groups excluding carboxylic acids is 1. The summed E-state index contributed by atoms with van der Waals surface area (Å²) < 4.78 is 10.9. The zero-order valence-electron chi connectivity index (χ0n) is 16.5. The lowest BCUT2D eigenvalue weighted by atomic mass is 9.40. The monoisotopic (exact) mass is 357 g/mol. The first-order valence-electron chi connectivity index (χ1n) is 9.79. The molecule has 1 amide bonds. The van der Waals surface area contributed by atoms with E-state index < -0.39 is 0 Å². The molecule has 5 rings (SSSR count). The van der Waals surface area contributed by atoms with Gasteiger partial charge in [-0.2, -0.15) is 0 Å². The first-order chi connectivity index (χ1) is 12.3. The lowest BCUT2D eigenvalue weighted by Crippen LogP contribution is -2.59. The summed E-state index contributed by atoms with van der Waals surface area (Å²) in [5, 5.41) is 3.24. The molecule has 0 radical (unpaired) electrons.